The zero-order valence-corrected chi connectivity index (χ0v) is 11.2. The van der Waals surface area contributed by atoms with Crippen LogP contribution in [0.5, 0.6) is 0 Å². The van der Waals surface area contributed by atoms with Gasteiger partial charge >= 0.3 is 5.97 Å². The van der Waals surface area contributed by atoms with Gasteiger partial charge < -0.3 is 5.11 Å². The van der Waals surface area contributed by atoms with Crippen LogP contribution in [0.2, 0.25) is 0 Å². The first-order valence-electron chi connectivity index (χ1n) is 6.77. The molecule has 0 radical (unpaired) electrons. The second-order valence-electron chi connectivity index (χ2n) is 5.10. The first-order chi connectivity index (χ1) is 9.61. The molecule has 2 rings (SSSR count). The van der Waals surface area contributed by atoms with Gasteiger partial charge in [-0.05, 0) is 37.1 Å². The highest BCUT2D eigenvalue weighted by atomic mass is 19.1. The fraction of sp³-hybridized carbons (Fsp3) is 0.467. The fourth-order valence-corrected chi connectivity index (χ4v) is 2.63. The highest BCUT2D eigenvalue weighted by Crippen LogP contribution is 2.20. The molecule has 0 aromatic heterocycles. The van der Waals surface area contributed by atoms with Crippen LogP contribution < -0.4 is 0 Å². The SMILES string of the molecule is N#Cc1cc(CN2CCCCCC2C(=O)O)ccc1F. The minimum Gasteiger partial charge on any atom is -0.480 e. The van der Waals surface area contributed by atoms with Crippen molar-refractivity contribution in [1.82, 2.24) is 4.90 Å². The van der Waals surface area contributed by atoms with Crippen molar-refractivity contribution in [2.24, 2.45) is 0 Å². The van der Waals surface area contributed by atoms with Crippen LogP contribution in [-0.4, -0.2) is 28.6 Å². The minimum atomic E-state index is -0.811. The van der Waals surface area contributed by atoms with E-state index >= 15 is 0 Å². The van der Waals surface area contributed by atoms with Gasteiger partial charge in [0.05, 0.1) is 5.56 Å². The van der Waals surface area contributed by atoms with Gasteiger partial charge in [0.2, 0.25) is 0 Å². The Kier molecular flexibility index (Phi) is 4.70. The lowest BCUT2D eigenvalue weighted by molar-refractivity contribution is -0.143. The topological polar surface area (TPSA) is 64.3 Å². The summed E-state index contributed by atoms with van der Waals surface area (Å²) in [6.45, 7) is 1.15. The summed E-state index contributed by atoms with van der Waals surface area (Å²) in [6, 6.07) is 5.69. The van der Waals surface area contributed by atoms with Gasteiger partial charge in [-0.15, -0.1) is 0 Å². The number of carbonyl (C=O) groups is 1. The normalized spacial score (nSPS) is 20.1. The van der Waals surface area contributed by atoms with E-state index in [-0.39, 0.29) is 5.56 Å². The predicted molar refractivity (Wildman–Crippen MR) is 71.4 cm³/mol. The summed E-state index contributed by atoms with van der Waals surface area (Å²) in [5.41, 5.74) is 0.778. The molecular weight excluding hydrogens is 259 g/mol. The molecule has 0 saturated carbocycles. The average Bonchev–Trinajstić information content (AvgIpc) is 2.66. The lowest BCUT2D eigenvalue weighted by Gasteiger charge is -2.26. The Hall–Kier alpha value is -1.93. The third-order valence-corrected chi connectivity index (χ3v) is 3.69. The first-order valence-corrected chi connectivity index (χ1v) is 6.77. The van der Waals surface area contributed by atoms with Crippen LogP contribution in [0.25, 0.3) is 0 Å². The highest BCUT2D eigenvalue weighted by Gasteiger charge is 2.27. The summed E-state index contributed by atoms with van der Waals surface area (Å²) in [5.74, 6) is -1.35. The standard InChI is InChI=1S/C15H17FN2O2/c16-13-6-5-11(8-12(13)9-17)10-18-7-3-1-2-4-14(18)15(19)20/h5-6,8,14H,1-4,7,10H2,(H,19,20). The van der Waals surface area contributed by atoms with E-state index in [0.29, 0.717) is 13.0 Å². The third-order valence-electron chi connectivity index (χ3n) is 3.69. The number of nitriles is 1. The number of nitrogens with zero attached hydrogens (tertiary/aromatic N) is 2. The van der Waals surface area contributed by atoms with Crippen LogP contribution in [0.15, 0.2) is 18.2 Å². The zero-order valence-electron chi connectivity index (χ0n) is 11.2. The van der Waals surface area contributed by atoms with Crippen molar-refractivity contribution in [3.05, 3.63) is 35.1 Å². The Labute approximate surface area is 117 Å². The van der Waals surface area contributed by atoms with Crippen molar-refractivity contribution >= 4 is 5.97 Å². The number of benzene rings is 1. The molecule has 1 aliphatic rings. The number of halogens is 1. The molecule has 1 heterocycles. The van der Waals surface area contributed by atoms with Gasteiger partial charge in [0.1, 0.15) is 17.9 Å². The van der Waals surface area contributed by atoms with E-state index in [2.05, 4.69) is 0 Å². The Bertz CT molecular complexity index is 539. The molecule has 1 atom stereocenters. The molecule has 1 aromatic rings. The molecule has 0 aliphatic carbocycles. The molecule has 0 spiro atoms. The summed E-state index contributed by atoms with van der Waals surface area (Å²) in [5, 5.41) is 18.1. The van der Waals surface area contributed by atoms with Gasteiger partial charge in [0, 0.05) is 6.54 Å². The second-order valence-corrected chi connectivity index (χ2v) is 5.10. The largest absolute Gasteiger partial charge is 0.480 e. The highest BCUT2D eigenvalue weighted by molar-refractivity contribution is 5.73. The summed E-state index contributed by atoms with van der Waals surface area (Å²) in [6.07, 6.45) is 3.56. The van der Waals surface area contributed by atoms with Crippen LogP contribution in [0.4, 0.5) is 4.39 Å². The van der Waals surface area contributed by atoms with Gasteiger partial charge in [-0.2, -0.15) is 5.26 Å². The average molecular weight is 276 g/mol. The third kappa shape index (κ3) is 3.34. The van der Waals surface area contributed by atoms with Gasteiger partial charge in [-0.3, -0.25) is 9.69 Å². The van der Waals surface area contributed by atoms with Crippen molar-refractivity contribution in [2.45, 2.75) is 38.3 Å². The van der Waals surface area contributed by atoms with Crippen LogP contribution in [0, 0.1) is 17.1 Å². The first kappa shape index (κ1) is 14.5. The Morgan fingerprint density at radius 2 is 2.25 bits per heavy atom. The number of hydrogen-bond donors (Lipinski definition) is 1. The molecule has 1 N–H and O–H groups in total. The van der Waals surface area contributed by atoms with Crippen molar-refractivity contribution in [3.8, 4) is 6.07 Å². The Morgan fingerprint density at radius 3 is 2.95 bits per heavy atom. The monoisotopic (exact) mass is 276 g/mol. The van der Waals surface area contributed by atoms with Crippen LogP contribution in [-0.2, 0) is 11.3 Å². The van der Waals surface area contributed by atoms with Crippen molar-refractivity contribution < 1.29 is 14.3 Å². The number of hydrogen-bond acceptors (Lipinski definition) is 3. The summed E-state index contributed by atoms with van der Waals surface area (Å²) in [4.78, 5) is 13.2. The van der Waals surface area contributed by atoms with Crippen molar-refractivity contribution in [2.75, 3.05) is 6.54 Å². The second kappa shape index (κ2) is 6.49. The molecule has 0 amide bonds. The zero-order chi connectivity index (χ0) is 14.5. The van der Waals surface area contributed by atoms with Gasteiger partial charge in [-0.25, -0.2) is 4.39 Å². The molecule has 1 unspecified atom stereocenters. The van der Waals surface area contributed by atoms with E-state index in [4.69, 9.17) is 5.26 Å². The maximum atomic E-state index is 13.3. The Morgan fingerprint density at radius 1 is 1.45 bits per heavy atom. The molecule has 106 valence electrons. The molecule has 1 fully saturated rings. The molecule has 1 aliphatic heterocycles. The van der Waals surface area contributed by atoms with E-state index in [1.165, 1.54) is 12.1 Å². The van der Waals surface area contributed by atoms with Crippen LogP contribution >= 0.6 is 0 Å². The smallest absolute Gasteiger partial charge is 0.320 e. The molecule has 5 heteroatoms. The lowest BCUT2D eigenvalue weighted by atomic mass is 10.1. The van der Waals surface area contributed by atoms with Crippen LogP contribution in [0.1, 0.15) is 36.8 Å². The van der Waals surface area contributed by atoms with Crippen molar-refractivity contribution in [1.29, 1.82) is 5.26 Å². The predicted octanol–water partition coefficient (Wildman–Crippen LogP) is 2.53. The number of carboxylic acids is 1. The van der Waals surface area contributed by atoms with Gasteiger partial charge in [0.25, 0.3) is 0 Å². The van der Waals surface area contributed by atoms with E-state index in [1.807, 2.05) is 11.0 Å². The van der Waals surface area contributed by atoms with E-state index in [9.17, 15) is 14.3 Å². The number of likely N-dealkylation sites (tertiary alicyclic amines) is 1. The van der Waals surface area contributed by atoms with Crippen molar-refractivity contribution in [3.63, 3.8) is 0 Å². The van der Waals surface area contributed by atoms with Crippen LogP contribution in [0.3, 0.4) is 0 Å². The number of rotatable bonds is 3. The lowest BCUT2D eigenvalue weighted by Crippen LogP contribution is -2.40. The molecule has 1 saturated heterocycles. The maximum absolute atomic E-state index is 13.3. The van der Waals surface area contributed by atoms with Gasteiger partial charge in [-0.1, -0.05) is 18.9 Å². The number of carboxylic acid groups (broad SMARTS) is 1. The maximum Gasteiger partial charge on any atom is 0.320 e. The minimum absolute atomic E-state index is 0.00389. The van der Waals surface area contributed by atoms with E-state index < -0.39 is 17.8 Å². The molecule has 20 heavy (non-hydrogen) atoms. The molecule has 4 nitrogen and oxygen atoms in total. The fourth-order valence-electron chi connectivity index (χ4n) is 2.63. The number of aliphatic carboxylic acids is 1. The molecule has 1 aromatic carbocycles. The Balaban J connectivity index is 2.18. The summed E-state index contributed by atoms with van der Waals surface area (Å²) < 4.78 is 13.3. The van der Waals surface area contributed by atoms with E-state index in [0.717, 1.165) is 31.4 Å². The van der Waals surface area contributed by atoms with Gasteiger partial charge in [0.15, 0.2) is 0 Å². The molecular formula is C15H17FN2O2. The molecule has 0 bridgehead atoms. The van der Waals surface area contributed by atoms with E-state index in [1.54, 1.807) is 6.07 Å². The quantitative estimate of drug-likeness (QED) is 0.921. The summed E-state index contributed by atoms with van der Waals surface area (Å²) in [7, 11) is 0. The summed E-state index contributed by atoms with van der Waals surface area (Å²) >= 11 is 0.